The van der Waals surface area contributed by atoms with Gasteiger partial charge in [-0.2, -0.15) is 8.61 Å². The first-order chi connectivity index (χ1) is 14.2. The zero-order valence-corrected chi connectivity index (χ0v) is 18.2. The molecule has 0 aliphatic carbocycles. The third-order valence-electron chi connectivity index (χ3n) is 5.11. The number of nitrogens with zero attached hydrogens (tertiary/aromatic N) is 2. The largest absolute Gasteiger partial charge is 0.243 e. The number of benzene rings is 2. The fraction of sp³-hybridized carbons (Fsp3) is 0.400. The second-order valence-corrected chi connectivity index (χ2v) is 11.0. The van der Waals surface area contributed by atoms with Gasteiger partial charge in [0.15, 0.2) is 11.6 Å². The van der Waals surface area contributed by atoms with Crippen molar-refractivity contribution in [3.8, 4) is 0 Å². The van der Waals surface area contributed by atoms with E-state index in [9.17, 15) is 25.6 Å². The van der Waals surface area contributed by atoms with Gasteiger partial charge in [-0.1, -0.05) is 25.5 Å². The number of hydrogen-bond donors (Lipinski definition) is 0. The Balaban J connectivity index is 1.70. The second-order valence-electron chi connectivity index (χ2n) is 7.13. The van der Waals surface area contributed by atoms with Gasteiger partial charge < -0.3 is 0 Å². The van der Waals surface area contributed by atoms with Gasteiger partial charge in [-0.25, -0.2) is 25.6 Å². The van der Waals surface area contributed by atoms with Crippen LogP contribution in [0.4, 0.5) is 8.78 Å². The number of halogens is 2. The van der Waals surface area contributed by atoms with E-state index in [-0.39, 0.29) is 36.0 Å². The molecule has 0 amide bonds. The van der Waals surface area contributed by atoms with Gasteiger partial charge in [0.25, 0.3) is 0 Å². The molecular weight excluding hydrogens is 434 g/mol. The molecular formula is C20H24F2N2O4S2. The molecule has 10 heteroatoms. The molecule has 0 N–H and O–H groups in total. The quantitative estimate of drug-likeness (QED) is 0.639. The summed E-state index contributed by atoms with van der Waals surface area (Å²) < 4.78 is 80.0. The van der Waals surface area contributed by atoms with E-state index in [1.807, 2.05) is 0 Å². The number of unbranched alkanes of at least 4 members (excludes halogenated alkanes) is 1. The van der Waals surface area contributed by atoms with E-state index in [0.29, 0.717) is 6.07 Å². The second kappa shape index (κ2) is 9.09. The molecule has 164 valence electrons. The summed E-state index contributed by atoms with van der Waals surface area (Å²) in [5, 5.41) is 0. The van der Waals surface area contributed by atoms with Crippen LogP contribution in [-0.2, 0) is 26.5 Å². The van der Waals surface area contributed by atoms with Crippen molar-refractivity contribution in [1.29, 1.82) is 0 Å². The molecule has 1 saturated heterocycles. The fourth-order valence-corrected chi connectivity index (χ4v) is 6.15. The van der Waals surface area contributed by atoms with Crippen LogP contribution >= 0.6 is 0 Å². The van der Waals surface area contributed by atoms with Crippen LogP contribution in [0.3, 0.4) is 0 Å². The van der Waals surface area contributed by atoms with Crippen LogP contribution in [0.1, 0.15) is 25.3 Å². The Bertz CT molecular complexity index is 1100. The Kier molecular flexibility index (Phi) is 6.91. The van der Waals surface area contributed by atoms with E-state index in [4.69, 9.17) is 0 Å². The summed E-state index contributed by atoms with van der Waals surface area (Å²) in [5.41, 5.74) is 1.07. The molecule has 0 atom stereocenters. The highest BCUT2D eigenvalue weighted by Crippen LogP contribution is 2.23. The Morgan fingerprint density at radius 2 is 1.27 bits per heavy atom. The Morgan fingerprint density at radius 1 is 0.767 bits per heavy atom. The smallest absolute Gasteiger partial charge is 0.207 e. The Hall–Kier alpha value is -1.88. The molecule has 2 aromatic rings. The van der Waals surface area contributed by atoms with E-state index >= 15 is 0 Å². The molecule has 30 heavy (non-hydrogen) atoms. The number of hydrogen-bond acceptors (Lipinski definition) is 4. The third kappa shape index (κ3) is 4.72. The number of rotatable bonds is 7. The van der Waals surface area contributed by atoms with Crippen molar-refractivity contribution in [3.63, 3.8) is 0 Å². The predicted molar refractivity (Wildman–Crippen MR) is 109 cm³/mol. The van der Waals surface area contributed by atoms with Crippen LogP contribution in [0.25, 0.3) is 0 Å². The van der Waals surface area contributed by atoms with Crippen molar-refractivity contribution in [1.82, 2.24) is 8.61 Å². The molecule has 0 spiro atoms. The average molecular weight is 459 g/mol. The van der Waals surface area contributed by atoms with E-state index in [0.717, 1.165) is 41.3 Å². The first kappa shape index (κ1) is 22.8. The monoisotopic (exact) mass is 458 g/mol. The Morgan fingerprint density at radius 3 is 1.77 bits per heavy atom. The van der Waals surface area contributed by atoms with Crippen LogP contribution in [-0.4, -0.2) is 51.6 Å². The highest BCUT2D eigenvalue weighted by molar-refractivity contribution is 7.89. The van der Waals surface area contributed by atoms with Gasteiger partial charge in [0.2, 0.25) is 20.0 Å². The molecule has 1 aliphatic rings. The van der Waals surface area contributed by atoms with Gasteiger partial charge in [-0.05, 0) is 48.7 Å². The summed E-state index contributed by atoms with van der Waals surface area (Å²) in [4.78, 5) is -0.194. The zero-order chi connectivity index (χ0) is 21.9. The van der Waals surface area contributed by atoms with Crippen LogP contribution in [0.5, 0.6) is 0 Å². The first-order valence-electron chi connectivity index (χ1n) is 9.70. The lowest BCUT2D eigenvalue weighted by Crippen LogP contribution is -2.50. The van der Waals surface area contributed by atoms with Crippen molar-refractivity contribution >= 4 is 20.0 Å². The molecule has 6 nitrogen and oxygen atoms in total. The van der Waals surface area contributed by atoms with Crippen LogP contribution in [0.2, 0.25) is 0 Å². The van der Waals surface area contributed by atoms with E-state index in [2.05, 4.69) is 6.92 Å². The van der Waals surface area contributed by atoms with Gasteiger partial charge in [0, 0.05) is 26.2 Å². The average Bonchev–Trinajstić information content (AvgIpc) is 2.74. The van der Waals surface area contributed by atoms with E-state index in [1.54, 1.807) is 24.3 Å². The molecule has 2 aromatic carbocycles. The topological polar surface area (TPSA) is 74.8 Å². The van der Waals surface area contributed by atoms with Crippen LogP contribution in [0.15, 0.2) is 52.3 Å². The predicted octanol–water partition coefficient (Wildman–Crippen LogP) is 3.00. The molecule has 1 heterocycles. The SMILES string of the molecule is CCCCc1ccc(S(=O)(=O)N2CCN(S(=O)(=O)c3ccc(F)c(F)c3)CC2)cc1. The van der Waals surface area contributed by atoms with Gasteiger partial charge in [0.05, 0.1) is 9.79 Å². The third-order valence-corrected chi connectivity index (χ3v) is 8.91. The lowest BCUT2D eigenvalue weighted by atomic mass is 10.1. The normalized spacial score (nSPS) is 16.6. The molecule has 0 unspecified atom stereocenters. The lowest BCUT2D eigenvalue weighted by Gasteiger charge is -2.33. The van der Waals surface area contributed by atoms with Crippen molar-refractivity contribution in [3.05, 3.63) is 59.7 Å². The van der Waals surface area contributed by atoms with E-state index in [1.165, 1.54) is 4.31 Å². The number of piperazine rings is 1. The molecule has 0 bridgehead atoms. The highest BCUT2D eigenvalue weighted by atomic mass is 32.2. The minimum atomic E-state index is -4.04. The van der Waals surface area contributed by atoms with Gasteiger partial charge in [0.1, 0.15) is 0 Å². The minimum Gasteiger partial charge on any atom is -0.207 e. The lowest BCUT2D eigenvalue weighted by molar-refractivity contribution is 0.272. The number of aryl methyl sites for hydroxylation is 1. The van der Waals surface area contributed by atoms with Gasteiger partial charge >= 0.3 is 0 Å². The molecule has 0 radical (unpaired) electrons. The highest BCUT2D eigenvalue weighted by Gasteiger charge is 2.34. The van der Waals surface area contributed by atoms with Gasteiger partial charge in [-0.3, -0.25) is 0 Å². The summed E-state index contributed by atoms with van der Waals surface area (Å²) in [5.74, 6) is -2.38. The van der Waals surface area contributed by atoms with Crippen molar-refractivity contribution in [2.75, 3.05) is 26.2 Å². The maximum absolute atomic E-state index is 13.4. The fourth-order valence-electron chi connectivity index (χ4n) is 3.29. The summed E-state index contributed by atoms with van der Waals surface area (Å²) in [6, 6.07) is 9.13. The van der Waals surface area contributed by atoms with Crippen LogP contribution < -0.4 is 0 Å². The zero-order valence-electron chi connectivity index (χ0n) is 16.6. The van der Waals surface area contributed by atoms with Crippen LogP contribution in [0, 0.1) is 11.6 Å². The van der Waals surface area contributed by atoms with E-state index < -0.39 is 31.7 Å². The molecule has 0 aromatic heterocycles. The number of sulfonamides is 2. The van der Waals surface area contributed by atoms with Crippen molar-refractivity contribution in [2.24, 2.45) is 0 Å². The molecule has 1 fully saturated rings. The summed E-state index contributed by atoms with van der Waals surface area (Å²) in [6.07, 6.45) is 2.97. The maximum Gasteiger partial charge on any atom is 0.243 e. The first-order valence-corrected chi connectivity index (χ1v) is 12.6. The minimum absolute atomic E-state index is 0.0250. The van der Waals surface area contributed by atoms with Crippen molar-refractivity contribution in [2.45, 2.75) is 36.0 Å². The standard InChI is InChI=1S/C20H24F2N2O4S2/c1-2-3-4-16-5-7-17(8-6-16)29(25,26)23-11-13-24(14-12-23)30(27,28)18-9-10-19(21)20(22)15-18/h5-10,15H,2-4,11-14H2,1H3. The summed E-state index contributed by atoms with van der Waals surface area (Å²) in [7, 11) is -7.79. The van der Waals surface area contributed by atoms with Gasteiger partial charge in [-0.15, -0.1) is 0 Å². The Labute approximate surface area is 176 Å². The summed E-state index contributed by atoms with van der Waals surface area (Å²) >= 11 is 0. The van der Waals surface area contributed by atoms with Crippen molar-refractivity contribution < 1.29 is 25.6 Å². The maximum atomic E-state index is 13.4. The molecule has 3 rings (SSSR count). The molecule has 0 saturated carbocycles. The molecule has 1 aliphatic heterocycles. The summed E-state index contributed by atoms with van der Waals surface area (Å²) in [6.45, 7) is 1.89.